The molecule has 0 spiro atoms. The van der Waals surface area contributed by atoms with Crippen molar-refractivity contribution < 1.29 is 26.4 Å². The van der Waals surface area contributed by atoms with Gasteiger partial charge in [0.15, 0.2) is 0 Å². The lowest BCUT2D eigenvalue weighted by Crippen LogP contribution is -2.46. The molecule has 0 saturated carbocycles. The Kier molecular flexibility index (Phi) is 7.51. The van der Waals surface area contributed by atoms with Crippen LogP contribution >= 0.6 is 0 Å². The first-order valence-electron chi connectivity index (χ1n) is 11.6. The van der Waals surface area contributed by atoms with Gasteiger partial charge in [0.2, 0.25) is 5.78 Å². The van der Waals surface area contributed by atoms with Crippen molar-refractivity contribution in [3.63, 3.8) is 0 Å². The lowest BCUT2D eigenvalue weighted by Gasteiger charge is -2.25. The Morgan fingerprint density at radius 1 is 1.24 bits per heavy atom. The van der Waals surface area contributed by atoms with E-state index in [1.807, 2.05) is 13.8 Å². The van der Waals surface area contributed by atoms with Crippen LogP contribution in [0.5, 0.6) is 0 Å². The van der Waals surface area contributed by atoms with Gasteiger partial charge in [-0.25, -0.2) is 23.4 Å². The molecule has 0 radical (unpaired) electrons. The molecule has 3 N–H and O–H groups in total. The third-order valence-corrected chi connectivity index (χ3v) is 7.35. The second-order valence-electron chi connectivity index (χ2n) is 8.52. The number of aryl methyl sites for hydroxylation is 2. The molecule has 38 heavy (non-hydrogen) atoms. The summed E-state index contributed by atoms with van der Waals surface area (Å²) in [5.41, 5.74) is 3.73. The highest BCUT2D eigenvalue weighted by molar-refractivity contribution is 7.90. The van der Waals surface area contributed by atoms with Crippen molar-refractivity contribution in [3.8, 4) is 0 Å². The molecule has 1 aliphatic heterocycles. The van der Waals surface area contributed by atoms with Crippen molar-refractivity contribution in [1.29, 1.82) is 0 Å². The third-order valence-electron chi connectivity index (χ3n) is 5.78. The molecule has 3 aromatic rings. The van der Waals surface area contributed by atoms with E-state index in [1.165, 1.54) is 0 Å². The Balaban J connectivity index is 1.43. The van der Waals surface area contributed by atoms with Crippen LogP contribution in [0.1, 0.15) is 39.8 Å². The third kappa shape index (κ3) is 5.52. The van der Waals surface area contributed by atoms with Gasteiger partial charge >= 0.3 is 15.5 Å². The van der Waals surface area contributed by atoms with E-state index in [9.17, 15) is 26.4 Å². The molecule has 0 saturated heterocycles. The van der Waals surface area contributed by atoms with Crippen LogP contribution < -0.4 is 11.1 Å². The summed E-state index contributed by atoms with van der Waals surface area (Å²) in [7, 11) is -5.49. The minimum Gasteiger partial charge on any atom is -0.383 e. The fourth-order valence-corrected chi connectivity index (χ4v) is 4.73. The van der Waals surface area contributed by atoms with E-state index in [-0.39, 0.29) is 35.0 Å². The fourth-order valence-electron chi connectivity index (χ4n) is 3.83. The summed E-state index contributed by atoms with van der Waals surface area (Å²) in [6.45, 7) is 2.79. The number of benzene rings is 1. The maximum Gasteiger partial charge on any atom is 0.511 e. The summed E-state index contributed by atoms with van der Waals surface area (Å²) in [6, 6.07) is 6.68. The van der Waals surface area contributed by atoms with Crippen LogP contribution in [-0.2, 0) is 23.0 Å². The van der Waals surface area contributed by atoms with E-state index in [1.54, 1.807) is 41.1 Å². The number of rotatable bonds is 6. The van der Waals surface area contributed by atoms with Crippen molar-refractivity contribution >= 4 is 33.4 Å². The maximum absolute atomic E-state index is 13.0. The van der Waals surface area contributed by atoms with Crippen LogP contribution in [0.25, 0.3) is 5.78 Å². The number of imidazole rings is 1. The molecule has 202 valence electrons. The lowest BCUT2D eigenvalue weighted by atomic mass is 10.1. The summed E-state index contributed by atoms with van der Waals surface area (Å²) in [4.78, 5) is 29.7. The summed E-state index contributed by atoms with van der Waals surface area (Å²) in [6.07, 6.45) is 4.04. The monoisotopic (exact) mass is 550 g/mol. The van der Waals surface area contributed by atoms with Gasteiger partial charge in [-0.05, 0) is 24.5 Å². The molecule has 0 aliphatic carbocycles. The molecule has 11 nitrogen and oxygen atoms in total. The number of aliphatic imine (C=N–C) groups is 2. The first kappa shape index (κ1) is 27.2. The van der Waals surface area contributed by atoms with Gasteiger partial charge in [-0.2, -0.15) is 17.5 Å². The van der Waals surface area contributed by atoms with Gasteiger partial charge in [-0.1, -0.05) is 31.2 Å². The Morgan fingerprint density at radius 3 is 2.61 bits per heavy atom. The number of fused-ring (bicyclic) bond motifs is 1. The maximum atomic E-state index is 13.0. The number of alkyl halides is 3. The highest BCUT2D eigenvalue weighted by atomic mass is 32.2. The Bertz CT molecular complexity index is 1530. The van der Waals surface area contributed by atoms with Crippen LogP contribution in [0.2, 0.25) is 0 Å². The number of nitrogens with zero attached hydrogens (tertiary/aromatic N) is 6. The predicted octanol–water partition coefficient (Wildman–Crippen LogP) is 1.80. The normalized spacial score (nSPS) is 15.5. The first-order chi connectivity index (χ1) is 17.9. The Morgan fingerprint density at radius 2 is 1.95 bits per heavy atom. The van der Waals surface area contributed by atoms with Crippen LogP contribution in [0, 0.1) is 6.92 Å². The topological polar surface area (TPSA) is 147 Å². The second-order valence-corrected chi connectivity index (χ2v) is 10.5. The van der Waals surface area contributed by atoms with Crippen molar-refractivity contribution in [2.45, 2.75) is 32.3 Å². The van der Waals surface area contributed by atoms with Gasteiger partial charge in [0, 0.05) is 31.0 Å². The number of nitrogens with one attached hydrogen (secondary N) is 1. The number of halogens is 3. The van der Waals surface area contributed by atoms with E-state index < -0.39 is 28.6 Å². The van der Waals surface area contributed by atoms with Crippen LogP contribution in [0.3, 0.4) is 0 Å². The molecular formula is C23H25F3N8O3S. The lowest BCUT2D eigenvalue weighted by molar-refractivity contribution is -0.0485. The number of aromatic nitrogens is 3. The average molecular weight is 551 g/mol. The summed E-state index contributed by atoms with van der Waals surface area (Å²) < 4.78 is 63.9. The van der Waals surface area contributed by atoms with E-state index in [0.29, 0.717) is 29.1 Å². The van der Waals surface area contributed by atoms with Crippen LogP contribution in [0.15, 0.2) is 46.6 Å². The molecule has 2 aromatic heterocycles. The first-order valence-corrected chi connectivity index (χ1v) is 13.0. The molecule has 1 amide bonds. The van der Waals surface area contributed by atoms with Gasteiger partial charge in [-0.15, -0.1) is 0 Å². The number of carbonyl (C=O) groups excluding carboxylic acids is 1. The van der Waals surface area contributed by atoms with Gasteiger partial charge in [0.1, 0.15) is 17.4 Å². The van der Waals surface area contributed by atoms with E-state index >= 15 is 0 Å². The highest BCUT2D eigenvalue weighted by Gasteiger charge is 2.50. The van der Waals surface area contributed by atoms with Crippen molar-refractivity contribution in [2.75, 3.05) is 19.6 Å². The summed E-state index contributed by atoms with van der Waals surface area (Å²) in [5.74, 6) is -0.0202. The fraction of sp³-hybridized carbons (Fsp3) is 0.348. The molecule has 0 fully saturated rings. The number of amidine groups is 2. The summed E-state index contributed by atoms with van der Waals surface area (Å²) >= 11 is 0. The van der Waals surface area contributed by atoms with Crippen molar-refractivity contribution in [1.82, 2.24) is 24.0 Å². The quantitative estimate of drug-likeness (QED) is 0.353. The number of hydrogen-bond acceptors (Lipinski definition) is 7. The number of carbonyl (C=O) groups is 1. The molecule has 3 heterocycles. The molecule has 15 heteroatoms. The minimum absolute atomic E-state index is 0.0354. The largest absolute Gasteiger partial charge is 0.511 e. The highest BCUT2D eigenvalue weighted by Crippen LogP contribution is 2.27. The smallest absolute Gasteiger partial charge is 0.383 e. The zero-order chi connectivity index (χ0) is 27.7. The van der Waals surface area contributed by atoms with Gasteiger partial charge in [0.05, 0.1) is 18.8 Å². The van der Waals surface area contributed by atoms with Gasteiger partial charge < -0.3 is 11.1 Å². The Hall–Kier alpha value is -3.85. The molecule has 4 rings (SSSR count). The van der Waals surface area contributed by atoms with Crippen molar-refractivity contribution in [3.05, 3.63) is 64.7 Å². The number of nitrogens with two attached hydrogens (primary N) is 1. The predicted molar refractivity (Wildman–Crippen MR) is 134 cm³/mol. The van der Waals surface area contributed by atoms with E-state index in [2.05, 4.69) is 25.3 Å². The van der Waals surface area contributed by atoms with Gasteiger partial charge in [0.25, 0.3) is 5.91 Å². The Labute approximate surface area is 216 Å². The summed E-state index contributed by atoms with van der Waals surface area (Å²) in [5, 5.41) is 2.87. The number of hydrogen-bond donors (Lipinski definition) is 2. The van der Waals surface area contributed by atoms with Crippen molar-refractivity contribution in [2.24, 2.45) is 15.7 Å². The minimum atomic E-state index is -5.49. The van der Waals surface area contributed by atoms with E-state index in [4.69, 9.17) is 5.73 Å². The number of sulfonamides is 1. The van der Waals surface area contributed by atoms with Gasteiger partial charge in [-0.3, -0.25) is 14.2 Å². The van der Waals surface area contributed by atoms with Crippen LogP contribution in [-0.4, -0.2) is 69.8 Å². The molecule has 0 atom stereocenters. The average Bonchev–Trinajstić information content (AvgIpc) is 3.25. The second kappa shape index (κ2) is 10.5. The van der Waals surface area contributed by atoms with E-state index in [0.717, 1.165) is 11.1 Å². The number of amides is 1. The zero-order valence-electron chi connectivity index (χ0n) is 20.5. The molecule has 1 aliphatic rings. The molecular weight excluding hydrogens is 525 g/mol. The SMILES string of the molecule is CCc1nc2ncc(C)cn2c1C(=O)NCc1ccc(C(N)=NC2=NCCN(S(=O)(=O)C(F)(F)F)C2)cc1. The molecule has 1 aromatic carbocycles. The zero-order valence-corrected chi connectivity index (χ0v) is 21.3. The molecule has 0 unspecified atom stereocenters. The molecule has 0 bridgehead atoms. The van der Waals surface area contributed by atoms with Crippen LogP contribution in [0.4, 0.5) is 13.2 Å². The standard InChI is InChI=1S/C23H25F3N8O3S/c1-3-17-19(34-12-14(2)10-30-22(34)31-17)21(35)29-11-15-4-6-16(7-5-15)20(27)32-18-13-33(9-8-28-18)38(36,37)23(24,25)26/h4-7,10,12H,3,8-9,11,13H2,1-2H3,(H,29,35)(H2,27,28,32).